The van der Waals surface area contributed by atoms with E-state index in [-0.39, 0.29) is 18.4 Å². The molecule has 1 atom stereocenters. The summed E-state index contributed by atoms with van der Waals surface area (Å²) in [6.45, 7) is 2.34. The summed E-state index contributed by atoms with van der Waals surface area (Å²) < 4.78 is 2.79. The molecule has 6 heteroatoms. The van der Waals surface area contributed by atoms with Crippen LogP contribution in [0.2, 0.25) is 0 Å². The van der Waals surface area contributed by atoms with Gasteiger partial charge in [0.25, 0.3) is 5.91 Å². The summed E-state index contributed by atoms with van der Waals surface area (Å²) in [7, 11) is 0. The van der Waals surface area contributed by atoms with E-state index < -0.39 is 0 Å². The number of aliphatic hydroxyl groups is 1. The maximum absolute atomic E-state index is 11.9. The summed E-state index contributed by atoms with van der Waals surface area (Å²) >= 11 is 3.38. The molecule has 0 aliphatic carbocycles. The van der Waals surface area contributed by atoms with E-state index >= 15 is 0 Å². The predicted molar refractivity (Wildman–Crippen MR) is 79.8 cm³/mol. The van der Waals surface area contributed by atoms with E-state index in [2.05, 4.69) is 26.2 Å². The van der Waals surface area contributed by atoms with E-state index in [9.17, 15) is 4.79 Å². The highest BCUT2D eigenvalue weighted by Gasteiger charge is 2.11. The van der Waals surface area contributed by atoms with Gasteiger partial charge in [-0.05, 0) is 30.2 Å². The van der Waals surface area contributed by atoms with E-state index in [1.807, 2.05) is 31.2 Å². The first-order chi connectivity index (χ1) is 9.60. The SMILES string of the molecule is CC(CO)CNC(=O)c1cn(-c2ccc(Br)cc2)cn1. The lowest BCUT2D eigenvalue weighted by Gasteiger charge is -2.08. The molecule has 0 saturated carbocycles. The van der Waals surface area contributed by atoms with Crippen LogP contribution in [0.15, 0.2) is 41.3 Å². The Morgan fingerprint density at radius 1 is 1.45 bits per heavy atom. The molecule has 0 aliphatic heterocycles. The van der Waals surface area contributed by atoms with Crippen LogP contribution in [0.3, 0.4) is 0 Å². The Bertz CT molecular complexity index is 580. The molecule has 106 valence electrons. The van der Waals surface area contributed by atoms with Crippen molar-refractivity contribution in [3.05, 3.63) is 47.0 Å². The second-order valence-electron chi connectivity index (χ2n) is 4.64. The molecule has 20 heavy (non-hydrogen) atoms. The molecule has 0 spiro atoms. The minimum atomic E-state index is -0.235. The third kappa shape index (κ3) is 3.68. The van der Waals surface area contributed by atoms with Gasteiger partial charge in [0.2, 0.25) is 0 Å². The fraction of sp³-hybridized carbons (Fsp3) is 0.286. The Labute approximate surface area is 125 Å². The first-order valence-electron chi connectivity index (χ1n) is 6.29. The molecule has 0 aliphatic rings. The average molecular weight is 338 g/mol. The smallest absolute Gasteiger partial charge is 0.271 e. The molecule has 0 fully saturated rings. The molecule has 1 unspecified atom stereocenters. The van der Waals surface area contributed by atoms with E-state index in [1.54, 1.807) is 17.1 Å². The predicted octanol–water partition coefficient (Wildman–Crippen LogP) is 1.99. The molecule has 2 rings (SSSR count). The van der Waals surface area contributed by atoms with Crippen molar-refractivity contribution < 1.29 is 9.90 Å². The summed E-state index contributed by atoms with van der Waals surface area (Å²) in [5, 5.41) is 11.7. The van der Waals surface area contributed by atoms with E-state index in [1.165, 1.54) is 0 Å². The summed E-state index contributed by atoms with van der Waals surface area (Å²) in [5.74, 6) is -0.200. The largest absolute Gasteiger partial charge is 0.396 e. The Hall–Kier alpha value is -1.66. The Morgan fingerprint density at radius 2 is 2.15 bits per heavy atom. The van der Waals surface area contributed by atoms with Crippen molar-refractivity contribution in [2.75, 3.05) is 13.2 Å². The fourth-order valence-corrected chi connectivity index (χ4v) is 1.88. The van der Waals surface area contributed by atoms with Crippen LogP contribution in [0.5, 0.6) is 0 Å². The van der Waals surface area contributed by atoms with E-state index in [4.69, 9.17) is 5.11 Å². The number of halogens is 1. The summed E-state index contributed by atoms with van der Waals surface area (Å²) in [5.41, 5.74) is 1.29. The van der Waals surface area contributed by atoms with Gasteiger partial charge in [0, 0.05) is 29.5 Å². The van der Waals surface area contributed by atoms with Crippen LogP contribution in [0.1, 0.15) is 17.4 Å². The number of nitrogens with zero attached hydrogens (tertiary/aromatic N) is 2. The highest BCUT2D eigenvalue weighted by atomic mass is 79.9. The zero-order chi connectivity index (χ0) is 14.5. The van der Waals surface area contributed by atoms with Crippen molar-refractivity contribution in [2.45, 2.75) is 6.92 Å². The molecule has 1 heterocycles. The van der Waals surface area contributed by atoms with Gasteiger partial charge in [-0.15, -0.1) is 0 Å². The number of benzene rings is 1. The fourth-order valence-electron chi connectivity index (χ4n) is 1.62. The molecule has 0 radical (unpaired) electrons. The molecule has 0 bridgehead atoms. The Balaban J connectivity index is 2.05. The van der Waals surface area contributed by atoms with Gasteiger partial charge in [-0.2, -0.15) is 0 Å². The van der Waals surface area contributed by atoms with Gasteiger partial charge in [0.1, 0.15) is 12.0 Å². The third-order valence-electron chi connectivity index (χ3n) is 2.86. The number of carbonyl (C=O) groups excluding carboxylic acids is 1. The number of carbonyl (C=O) groups is 1. The van der Waals surface area contributed by atoms with Crippen LogP contribution in [0.25, 0.3) is 5.69 Å². The van der Waals surface area contributed by atoms with E-state index in [0.29, 0.717) is 12.2 Å². The second kappa shape index (κ2) is 6.67. The zero-order valence-corrected chi connectivity index (χ0v) is 12.7. The van der Waals surface area contributed by atoms with Gasteiger partial charge < -0.3 is 15.0 Å². The normalized spacial score (nSPS) is 12.2. The lowest BCUT2D eigenvalue weighted by Crippen LogP contribution is -2.29. The zero-order valence-electron chi connectivity index (χ0n) is 11.1. The van der Waals surface area contributed by atoms with Crippen LogP contribution in [-0.4, -0.2) is 33.7 Å². The minimum absolute atomic E-state index is 0.0347. The first-order valence-corrected chi connectivity index (χ1v) is 7.08. The quantitative estimate of drug-likeness (QED) is 0.876. The molecule has 2 aromatic rings. The molecular weight excluding hydrogens is 322 g/mol. The van der Waals surface area contributed by atoms with Crippen molar-refractivity contribution >= 4 is 21.8 Å². The first kappa shape index (κ1) is 14.7. The van der Waals surface area contributed by atoms with Crippen LogP contribution in [0.4, 0.5) is 0 Å². The second-order valence-corrected chi connectivity index (χ2v) is 5.56. The number of aromatic nitrogens is 2. The molecular formula is C14H16BrN3O2. The monoisotopic (exact) mass is 337 g/mol. The average Bonchev–Trinajstić information content (AvgIpc) is 2.95. The maximum Gasteiger partial charge on any atom is 0.271 e. The third-order valence-corrected chi connectivity index (χ3v) is 3.39. The Morgan fingerprint density at radius 3 is 2.80 bits per heavy atom. The molecule has 1 aromatic heterocycles. The lowest BCUT2D eigenvalue weighted by atomic mass is 10.2. The number of rotatable bonds is 5. The van der Waals surface area contributed by atoms with Crippen molar-refractivity contribution in [3.8, 4) is 5.69 Å². The standard InChI is InChI=1S/C14H16BrN3O2/c1-10(8-19)6-16-14(20)13-7-18(9-17-13)12-4-2-11(15)3-5-12/h2-5,7,9-10,19H,6,8H2,1H3,(H,16,20). The van der Waals surface area contributed by atoms with Crippen LogP contribution < -0.4 is 5.32 Å². The van der Waals surface area contributed by atoms with Gasteiger partial charge in [0.05, 0.1) is 0 Å². The highest BCUT2D eigenvalue weighted by Crippen LogP contribution is 2.14. The summed E-state index contributed by atoms with van der Waals surface area (Å²) in [4.78, 5) is 16.0. The van der Waals surface area contributed by atoms with Crippen molar-refractivity contribution in [2.24, 2.45) is 5.92 Å². The Kier molecular flexibility index (Phi) is 4.92. The molecule has 1 amide bonds. The number of amides is 1. The molecule has 5 nitrogen and oxygen atoms in total. The number of hydrogen-bond acceptors (Lipinski definition) is 3. The maximum atomic E-state index is 11.9. The van der Waals surface area contributed by atoms with Crippen LogP contribution in [-0.2, 0) is 0 Å². The number of hydrogen-bond donors (Lipinski definition) is 2. The van der Waals surface area contributed by atoms with Gasteiger partial charge in [-0.1, -0.05) is 22.9 Å². The van der Waals surface area contributed by atoms with Crippen molar-refractivity contribution in [1.29, 1.82) is 0 Å². The molecule has 0 saturated heterocycles. The summed E-state index contributed by atoms with van der Waals surface area (Å²) in [6.07, 6.45) is 3.29. The topological polar surface area (TPSA) is 67.2 Å². The van der Waals surface area contributed by atoms with Gasteiger partial charge >= 0.3 is 0 Å². The highest BCUT2D eigenvalue weighted by molar-refractivity contribution is 9.10. The number of aliphatic hydroxyl groups excluding tert-OH is 1. The van der Waals surface area contributed by atoms with Crippen molar-refractivity contribution in [3.63, 3.8) is 0 Å². The summed E-state index contributed by atoms with van der Waals surface area (Å²) in [6, 6.07) is 7.72. The van der Waals surface area contributed by atoms with E-state index in [0.717, 1.165) is 10.2 Å². The molecule has 1 aromatic carbocycles. The number of imidazole rings is 1. The van der Waals surface area contributed by atoms with Gasteiger partial charge in [-0.25, -0.2) is 4.98 Å². The van der Waals surface area contributed by atoms with Crippen molar-refractivity contribution in [1.82, 2.24) is 14.9 Å². The van der Waals surface area contributed by atoms with Gasteiger partial charge in [0.15, 0.2) is 0 Å². The van der Waals surface area contributed by atoms with Crippen LogP contribution in [0, 0.1) is 5.92 Å². The lowest BCUT2D eigenvalue weighted by molar-refractivity contribution is 0.0938. The molecule has 2 N–H and O–H groups in total. The number of nitrogens with one attached hydrogen (secondary N) is 1. The van der Waals surface area contributed by atoms with Crippen LogP contribution >= 0.6 is 15.9 Å². The minimum Gasteiger partial charge on any atom is -0.396 e. The van der Waals surface area contributed by atoms with Gasteiger partial charge in [-0.3, -0.25) is 4.79 Å².